The molecule has 0 amide bonds. The second kappa shape index (κ2) is 15.7. The third kappa shape index (κ3) is 15.7. The molecule has 0 saturated heterocycles. The van der Waals surface area contributed by atoms with Crippen LogP contribution < -0.4 is 0 Å². The lowest BCUT2D eigenvalue weighted by molar-refractivity contribution is -0.0531. The van der Waals surface area contributed by atoms with Gasteiger partial charge in [0.15, 0.2) is 0 Å². The van der Waals surface area contributed by atoms with Gasteiger partial charge in [-0.3, -0.25) is 0 Å². The molecule has 0 radical (unpaired) electrons. The Kier molecular flexibility index (Phi) is 15.3. The summed E-state index contributed by atoms with van der Waals surface area (Å²) in [6, 6.07) is 0. The fourth-order valence-corrected chi connectivity index (χ4v) is 1.60. The first kappa shape index (κ1) is 16.7. The predicted molar refractivity (Wildman–Crippen MR) is 74.2 cm³/mol. The number of allylic oxidation sites excluding steroid dienone is 1. The van der Waals surface area contributed by atoms with E-state index in [9.17, 15) is 0 Å². The summed E-state index contributed by atoms with van der Waals surface area (Å²) in [5.74, 6) is 0. The normalized spacial score (nSPS) is 11.4. The quantitative estimate of drug-likeness (QED) is 0.265. The first-order valence-corrected chi connectivity index (χ1v) is 7.22. The van der Waals surface area contributed by atoms with Gasteiger partial charge in [-0.1, -0.05) is 58.1 Å². The molecule has 102 valence electrons. The highest BCUT2D eigenvalue weighted by Crippen LogP contribution is 2.04. The molecule has 0 aliphatic heterocycles. The minimum atomic E-state index is 0.453. The third-order valence-electron chi connectivity index (χ3n) is 2.64. The van der Waals surface area contributed by atoms with Gasteiger partial charge in [0.2, 0.25) is 0 Å². The fourth-order valence-electron chi connectivity index (χ4n) is 1.60. The van der Waals surface area contributed by atoms with Crippen LogP contribution in [0.1, 0.15) is 65.2 Å². The molecule has 17 heavy (non-hydrogen) atoms. The molecule has 0 atom stereocenters. The summed E-state index contributed by atoms with van der Waals surface area (Å²) in [6.45, 7) is 6.45. The minimum absolute atomic E-state index is 0.453. The molecule has 0 rings (SSSR count). The van der Waals surface area contributed by atoms with Crippen molar-refractivity contribution in [3.05, 3.63) is 12.2 Å². The monoisotopic (exact) mass is 242 g/mol. The van der Waals surface area contributed by atoms with Crippen molar-refractivity contribution in [3.8, 4) is 0 Å². The van der Waals surface area contributed by atoms with Gasteiger partial charge in [-0.2, -0.15) is 0 Å². The molecule has 0 aliphatic carbocycles. The smallest absolute Gasteiger partial charge is 0.146 e. The Labute approximate surface area is 107 Å². The fraction of sp³-hybridized carbons (Fsp3) is 0.867. The average molecular weight is 242 g/mol. The molecule has 0 fully saturated rings. The summed E-state index contributed by atoms with van der Waals surface area (Å²) in [5.41, 5.74) is 0. The van der Waals surface area contributed by atoms with E-state index in [-0.39, 0.29) is 0 Å². The maximum absolute atomic E-state index is 5.40. The number of hydrogen-bond acceptors (Lipinski definition) is 2. The Hall–Kier alpha value is -0.340. The van der Waals surface area contributed by atoms with Crippen molar-refractivity contribution in [2.45, 2.75) is 65.2 Å². The molecule has 0 saturated carbocycles. The van der Waals surface area contributed by atoms with E-state index in [2.05, 4.69) is 26.0 Å². The Morgan fingerprint density at radius 1 is 0.765 bits per heavy atom. The van der Waals surface area contributed by atoms with Crippen molar-refractivity contribution in [2.75, 3.05) is 20.0 Å². The molecule has 2 nitrogen and oxygen atoms in total. The maximum atomic E-state index is 5.40. The highest BCUT2D eigenvalue weighted by Gasteiger charge is 1.91. The predicted octanol–water partition coefficient (Wildman–Crippen LogP) is 4.69. The zero-order valence-corrected chi connectivity index (χ0v) is 11.7. The summed E-state index contributed by atoms with van der Waals surface area (Å²) in [4.78, 5) is 0. The average Bonchev–Trinajstić information content (AvgIpc) is 2.35. The van der Waals surface area contributed by atoms with Crippen LogP contribution >= 0.6 is 0 Å². The molecule has 0 spiro atoms. The van der Waals surface area contributed by atoms with Crippen molar-refractivity contribution in [1.82, 2.24) is 0 Å². The topological polar surface area (TPSA) is 18.5 Å². The lowest BCUT2D eigenvalue weighted by atomic mass is 10.1. The van der Waals surface area contributed by atoms with E-state index in [0.29, 0.717) is 6.79 Å². The number of ether oxygens (including phenoxy) is 2. The zero-order chi connectivity index (χ0) is 12.6. The van der Waals surface area contributed by atoms with Crippen LogP contribution in [0.2, 0.25) is 0 Å². The Balaban J connectivity index is 2.91. The van der Waals surface area contributed by atoms with E-state index in [4.69, 9.17) is 9.47 Å². The summed E-state index contributed by atoms with van der Waals surface area (Å²) >= 11 is 0. The van der Waals surface area contributed by atoms with Gasteiger partial charge in [0.1, 0.15) is 6.79 Å². The molecule has 0 N–H and O–H groups in total. The van der Waals surface area contributed by atoms with E-state index < -0.39 is 0 Å². The number of hydrogen-bond donors (Lipinski definition) is 0. The summed E-state index contributed by atoms with van der Waals surface area (Å²) in [6.07, 6.45) is 14.3. The highest BCUT2D eigenvalue weighted by molar-refractivity contribution is 4.79. The third-order valence-corrected chi connectivity index (χ3v) is 2.64. The Bertz CT molecular complexity index is 155. The van der Waals surface area contributed by atoms with E-state index in [0.717, 1.165) is 26.1 Å². The molecule has 0 unspecified atom stereocenters. The van der Waals surface area contributed by atoms with Gasteiger partial charge in [-0.05, 0) is 19.3 Å². The van der Waals surface area contributed by atoms with Gasteiger partial charge in [-0.15, -0.1) is 0 Å². The van der Waals surface area contributed by atoms with Gasteiger partial charge in [0, 0.05) is 6.61 Å². The second-order valence-electron chi connectivity index (χ2n) is 4.37. The van der Waals surface area contributed by atoms with Crippen molar-refractivity contribution < 1.29 is 9.47 Å². The highest BCUT2D eigenvalue weighted by atomic mass is 16.7. The van der Waals surface area contributed by atoms with Crippen molar-refractivity contribution in [1.29, 1.82) is 0 Å². The van der Waals surface area contributed by atoms with Crippen LogP contribution in [-0.2, 0) is 9.47 Å². The van der Waals surface area contributed by atoms with Crippen LogP contribution in [-0.4, -0.2) is 20.0 Å². The molecule has 2 heteroatoms. The first-order chi connectivity index (χ1) is 8.41. The van der Waals surface area contributed by atoms with E-state index in [1.165, 1.54) is 38.5 Å². The number of rotatable bonds is 13. The van der Waals surface area contributed by atoms with E-state index in [1.54, 1.807) is 0 Å². The minimum Gasteiger partial charge on any atom is -0.355 e. The van der Waals surface area contributed by atoms with Crippen molar-refractivity contribution >= 4 is 0 Å². The molecular weight excluding hydrogens is 212 g/mol. The second-order valence-corrected chi connectivity index (χ2v) is 4.37. The molecule has 0 aliphatic rings. The van der Waals surface area contributed by atoms with Gasteiger partial charge < -0.3 is 9.47 Å². The summed E-state index contributed by atoms with van der Waals surface area (Å²) in [7, 11) is 0. The summed E-state index contributed by atoms with van der Waals surface area (Å²) in [5, 5.41) is 0. The molecule has 0 heterocycles. The molecule has 0 bridgehead atoms. The van der Waals surface area contributed by atoms with Gasteiger partial charge in [0.25, 0.3) is 0 Å². The van der Waals surface area contributed by atoms with Crippen molar-refractivity contribution in [3.63, 3.8) is 0 Å². The van der Waals surface area contributed by atoms with Crippen LogP contribution in [0, 0.1) is 0 Å². The maximum Gasteiger partial charge on any atom is 0.146 e. The van der Waals surface area contributed by atoms with Crippen LogP contribution in [0.3, 0.4) is 0 Å². The molecular formula is C15H30O2. The van der Waals surface area contributed by atoms with E-state index >= 15 is 0 Å². The van der Waals surface area contributed by atoms with Gasteiger partial charge in [0.05, 0.1) is 6.61 Å². The molecule has 0 aromatic carbocycles. The lowest BCUT2D eigenvalue weighted by Gasteiger charge is -2.04. The molecule has 0 aromatic heterocycles. The largest absolute Gasteiger partial charge is 0.355 e. The van der Waals surface area contributed by atoms with Gasteiger partial charge >= 0.3 is 0 Å². The van der Waals surface area contributed by atoms with Crippen LogP contribution in [0.15, 0.2) is 12.2 Å². The van der Waals surface area contributed by atoms with Crippen LogP contribution in [0.25, 0.3) is 0 Å². The van der Waals surface area contributed by atoms with Crippen LogP contribution in [0.4, 0.5) is 0 Å². The Morgan fingerprint density at radius 3 is 2.24 bits per heavy atom. The lowest BCUT2D eigenvalue weighted by Crippen LogP contribution is -2.02. The van der Waals surface area contributed by atoms with Gasteiger partial charge in [-0.25, -0.2) is 0 Å². The van der Waals surface area contributed by atoms with Crippen molar-refractivity contribution in [2.24, 2.45) is 0 Å². The van der Waals surface area contributed by atoms with Crippen LogP contribution in [0.5, 0.6) is 0 Å². The zero-order valence-electron chi connectivity index (χ0n) is 11.7. The number of unbranched alkanes of at least 4 members (excludes halogenated alkanes) is 5. The SMILES string of the molecule is CC/C=C/CCOCOCCCCCCCC. The Morgan fingerprint density at radius 2 is 1.47 bits per heavy atom. The van der Waals surface area contributed by atoms with E-state index in [1.807, 2.05) is 0 Å². The molecule has 0 aromatic rings. The summed E-state index contributed by atoms with van der Waals surface area (Å²) < 4.78 is 10.8. The standard InChI is InChI=1S/C15H30O2/c1-3-5-7-9-10-12-14-17-15-16-13-11-8-6-4-2/h6,8H,3-5,7,9-15H2,1-2H3/b8-6+. The first-order valence-electron chi connectivity index (χ1n) is 7.22.